The molecule has 140 valence electrons. The van der Waals surface area contributed by atoms with Crippen molar-refractivity contribution in [3.05, 3.63) is 74.9 Å². The fraction of sp³-hybridized carbons (Fsp3) is 0.158. The van der Waals surface area contributed by atoms with Crippen LogP contribution in [0, 0.1) is 0 Å². The molecule has 0 saturated heterocycles. The van der Waals surface area contributed by atoms with Crippen molar-refractivity contribution in [1.82, 2.24) is 9.78 Å². The summed E-state index contributed by atoms with van der Waals surface area (Å²) in [6.45, 7) is 2.71. The van der Waals surface area contributed by atoms with E-state index in [-0.39, 0.29) is 11.7 Å². The second-order valence-electron chi connectivity index (χ2n) is 5.64. The van der Waals surface area contributed by atoms with Gasteiger partial charge in [0.25, 0.3) is 5.91 Å². The molecule has 5 nitrogen and oxygen atoms in total. The second-order valence-corrected chi connectivity index (χ2v) is 6.89. The first kappa shape index (κ1) is 19.5. The Kier molecular flexibility index (Phi) is 6.26. The van der Waals surface area contributed by atoms with Gasteiger partial charge in [0.2, 0.25) is 0 Å². The Balaban J connectivity index is 1.78. The van der Waals surface area contributed by atoms with Crippen LogP contribution in [0.3, 0.4) is 0 Å². The Morgan fingerprint density at radius 3 is 2.67 bits per heavy atom. The van der Waals surface area contributed by atoms with E-state index < -0.39 is 0 Å². The minimum Gasteiger partial charge on any atom is -0.493 e. The summed E-state index contributed by atoms with van der Waals surface area (Å²) in [6, 6.07) is 12.2. The number of hydrogen-bond donors (Lipinski definition) is 1. The number of nitrogens with one attached hydrogen (secondary N) is 1. The van der Waals surface area contributed by atoms with Gasteiger partial charge in [0.05, 0.1) is 18.7 Å². The maximum atomic E-state index is 12.6. The third-order valence-corrected chi connectivity index (χ3v) is 4.59. The summed E-state index contributed by atoms with van der Waals surface area (Å²) in [5.41, 5.74) is 1.24. The number of halogens is 3. The molecule has 8 heteroatoms. The lowest BCUT2D eigenvalue weighted by Crippen LogP contribution is -2.14. The van der Waals surface area contributed by atoms with Crippen LogP contribution in [0.2, 0.25) is 15.1 Å². The predicted molar refractivity (Wildman–Crippen MR) is 108 cm³/mol. The van der Waals surface area contributed by atoms with Crippen LogP contribution in [0.5, 0.6) is 5.75 Å². The Morgan fingerprint density at radius 1 is 1.15 bits per heavy atom. The number of ether oxygens (including phenoxy) is 1. The van der Waals surface area contributed by atoms with Gasteiger partial charge in [-0.3, -0.25) is 9.48 Å². The molecule has 2 aromatic carbocycles. The normalized spacial score (nSPS) is 10.7. The molecule has 0 spiro atoms. The van der Waals surface area contributed by atoms with E-state index in [1.165, 1.54) is 0 Å². The van der Waals surface area contributed by atoms with Gasteiger partial charge in [-0.05, 0) is 36.8 Å². The van der Waals surface area contributed by atoms with E-state index in [1.807, 2.05) is 13.0 Å². The van der Waals surface area contributed by atoms with E-state index in [0.29, 0.717) is 39.5 Å². The highest BCUT2D eigenvalue weighted by molar-refractivity contribution is 6.35. The van der Waals surface area contributed by atoms with Crippen LogP contribution in [-0.4, -0.2) is 22.3 Å². The van der Waals surface area contributed by atoms with E-state index in [1.54, 1.807) is 47.3 Å². The fourth-order valence-corrected chi connectivity index (χ4v) is 3.16. The van der Waals surface area contributed by atoms with Gasteiger partial charge in [-0.2, -0.15) is 5.10 Å². The highest BCUT2D eigenvalue weighted by Gasteiger charge is 2.16. The molecule has 3 aromatic rings. The molecule has 1 aromatic heterocycles. The van der Waals surface area contributed by atoms with Crippen molar-refractivity contribution in [3.8, 4) is 5.75 Å². The van der Waals surface area contributed by atoms with Crippen molar-refractivity contribution < 1.29 is 9.53 Å². The van der Waals surface area contributed by atoms with Crippen molar-refractivity contribution in [2.45, 2.75) is 13.5 Å². The number of carbonyl (C=O) groups is 1. The highest BCUT2D eigenvalue weighted by Crippen LogP contribution is 2.25. The summed E-state index contributed by atoms with van der Waals surface area (Å²) in [7, 11) is 0. The highest BCUT2D eigenvalue weighted by atomic mass is 35.5. The van der Waals surface area contributed by atoms with Gasteiger partial charge in [0, 0.05) is 16.2 Å². The monoisotopic (exact) mass is 423 g/mol. The standard InChI is InChI=1S/C19H16Cl3N3O2/c1-2-27-17-6-4-3-5-14(17)19(26)23-18-16(22)11-25(24-18)10-12-7-8-13(20)9-15(12)21/h3-9,11H,2,10H2,1H3,(H,23,24,26). The van der Waals surface area contributed by atoms with Gasteiger partial charge in [-0.15, -0.1) is 0 Å². The first-order valence-corrected chi connectivity index (χ1v) is 9.31. The first-order valence-electron chi connectivity index (χ1n) is 8.18. The van der Waals surface area contributed by atoms with Gasteiger partial charge >= 0.3 is 0 Å². The molecule has 0 aliphatic rings. The molecule has 1 N–H and O–H groups in total. The van der Waals surface area contributed by atoms with Crippen molar-refractivity contribution in [2.75, 3.05) is 11.9 Å². The van der Waals surface area contributed by atoms with Crippen molar-refractivity contribution in [1.29, 1.82) is 0 Å². The number of anilines is 1. The number of nitrogens with zero attached hydrogens (tertiary/aromatic N) is 2. The minimum atomic E-state index is -0.351. The van der Waals surface area contributed by atoms with E-state index >= 15 is 0 Å². The van der Waals surface area contributed by atoms with E-state index in [9.17, 15) is 4.79 Å². The zero-order chi connectivity index (χ0) is 19.4. The summed E-state index contributed by atoms with van der Waals surface area (Å²) < 4.78 is 7.09. The van der Waals surface area contributed by atoms with Crippen LogP contribution in [0.25, 0.3) is 0 Å². The summed E-state index contributed by atoms with van der Waals surface area (Å²) >= 11 is 18.3. The number of amides is 1. The maximum Gasteiger partial charge on any atom is 0.260 e. The van der Waals surface area contributed by atoms with Gasteiger partial charge in [-0.1, -0.05) is 53.0 Å². The Bertz CT molecular complexity index is 973. The van der Waals surface area contributed by atoms with Crippen molar-refractivity contribution in [2.24, 2.45) is 0 Å². The van der Waals surface area contributed by atoms with Crippen molar-refractivity contribution >= 4 is 46.5 Å². The van der Waals surface area contributed by atoms with E-state index in [0.717, 1.165) is 5.56 Å². The molecule has 0 aliphatic carbocycles. The Morgan fingerprint density at radius 2 is 1.93 bits per heavy atom. The molecule has 0 fully saturated rings. The summed E-state index contributed by atoms with van der Waals surface area (Å²) in [5.74, 6) is 0.412. The SMILES string of the molecule is CCOc1ccccc1C(=O)Nc1nn(Cc2ccc(Cl)cc2Cl)cc1Cl. The fourth-order valence-electron chi connectivity index (χ4n) is 2.50. The van der Waals surface area contributed by atoms with Crippen LogP contribution >= 0.6 is 34.8 Å². The number of aromatic nitrogens is 2. The van der Waals surface area contributed by atoms with Gasteiger partial charge in [-0.25, -0.2) is 0 Å². The van der Waals surface area contributed by atoms with E-state index in [4.69, 9.17) is 39.5 Å². The maximum absolute atomic E-state index is 12.6. The zero-order valence-corrected chi connectivity index (χ0v) is 16.6. The number of hydrogen-bond acceptors (Lipinski definition) is 3. The van der Waals surface area contributed by atoms with Crippen LogP contribution < -0.4 is 10.1 Å². The molecule has 27 heavy (non-hydrogen) atoms. The number of para-hydroxylation sites is 1. The van der Waals surface area contributed by atoms with Crippen LogP contribution in [0.15, 0.2) is 48.7 Å². The molecular weight excluding hydrogens is 409 g/mol. The molecule has 0 bridgehead atoms. The minimum absolute atomic E-state index is 0.262. The third kappa shape index (κ3) is 4.75. The average molecular weight is 425 g/mol. The lowest BCUT2D eigenvalue weighted by molar-refractivity contribution is 0.102. The van der Waals surface area contributed by atoms with Gasteiger partial charge < -0.3 is 10.1 Å². The van der Waals surface area contributed by atoms with Crippen LogP contribution in [-0.2, 0) is 6.54 Å². The number of rotatable bonds is 6. The predicted octanol–water partition coefficient (Wildman–Crippen LogP) is 5.54. The smallest absolute Gasteiger partial charge is 0.260 e. The van der Waals surface area contributed by atoms with Gasteiger partial charge in [0.1, 0.15) is 10.8 Å². The lowest BCUT2D eigenvalue weighted by atomic mass is 10.2. The Labute approximate surface area is 171 Å². The molecule has 0 atom stereocenters. The summed E-state index contributed by atoms with van der Waals surface area (Å²) in [5, 5.41) is 8.46. The summed E-state index contributed by atoms with van der Waals surface area (Å²) in [6.07, 6.45) is 1.62. The summed E-state index contributed by atoms with van der Waals surface area (Å²) in [4.78, 5) is 12.6. The average Bonchev–Trinajstić information content (AvgIpc) is 2.97. The quantitative estimate of drug-likeness (QED) is 0.565. The topological polar surface area (TPSA) is 56.1 Å². The Hall–Kier alpha value is -2.21. The molecule has 0 unspecified atom stereocenters. The molecule has 1 amide bonds. The van der Waals surface area contributed by atoms with Crippen LogP contribution in [0.4, 0.5) is 5.82 Å². The molecule has 0 aliphatic heterocycles. The number of carbonyl (C=O) groups excluding carboxylic acids is 1. The van der Waals surface area contributed by atoms with Crippen LogP contribution in [0.1, 0.15) is 22.8 Å². The van der Waals surface area contributed by atoms with Gasteiger partial charge in [0.15, 0.2) is 5.82 Å². The van der Waals surface area contributed by atoms with Crippen molar-refractivity contribution in [3.63, 3.8) is 0 Å². The second kappa shape index (κ2) is 8.65. The molecular formula is C19H16Cl3N3O2. The molecule has 0 radical (unpaired) electrons. The molecule has 0 saturated carbocycles. The van der Waals surface area contributed by atoms with E-state index in [2.05, 4.69) is 10.4 Å². The molecule has 3 rings (SSSR count). The number of benzene rings is 2. The zero-order valence-electron chi connectivity index (χ0n) is 14.4. The first-order chi connectivity index (χ1) is 13.0. The lowest BCUT2D eigenvalue weighted by Gasteiger charge is -2.09. The molecule has 1 heterocycles. The largest absolute Gasteiger partial charge is 0.493 e. The third-order valence-electron chi connectivity index (χ3n) is 3.73.